The average Bonchev–Trinajstić information content (AvgIpc) is 3.53. The molecule has 1 aliphatic heterocycles. The fourth-order valence-electron chi connectivity index (χ4n) is 3.79. The van der Waals surface area contributed by atoms with Crippen molar-refractivity contribution in [1.82, 2.24) is 15.4 Å². The first-order valence-electron chi connectivity index (χ1n) is 10.2. The van der Waals surface area contributed by atoms with E-state index in [0.717, 1.165) is 11.3 Å². The lowest BCUT2D eigenvalue weighted by atomic mass is 10.1. The molecule has 166 valence electrons. The third-order valence-electron chi connectivity index (χ3n) is 5.41. The molecule has 0 bridgehead atoms. The molecule has 2 amide bonds. The number of hydrogen-bond donors (Lipinski definition) is 1. The minimum atomic E-state index is -0.374. The van der Waals surface area contributed by atoms with Crippen LogP contribution in [-0.2, 0) is 4.79 Å². The van der Waals surface area contributed by atoms with Crippen LogP contribution in [0.1, 0.15) is 33.5 Å². The van der Waals surface area contributed by atoms with E-state index in [4.69, 9.17) is 16.1 Å². The molecule has 0 aliphatic carbocycles. The van der Waals surface area contributed by atoms with Gasteiger partial charge in [0.1, 0.15) is 22.0 Å². The first-order valence-corrected chi connectivity index (χ1v) is 11.4. The second-order valence-corrected chi connectivity index (χ2v) is 9.06. The first kappa shape index (κ1) is 21.3. The highest BCUT2D eigenvalue weighted by molar-refractivity contribution is 7.15. The maximum Gasteiger partial charge on any atom is 0.263 e. The van der Waals surface area contributed by atoms with Crippen LogP contribution in [0.4, 0.5) is 10.8 Å². The van der Waals surface area contributed by atoms with Crippen molar-refractivity contribution in [3.8, 4) is 11.3 Å². The van der Waals surface area contributed by atoms with Crippen LogP contribution < -0.4 is 10.2 Å². The van der Waals surface area contributed by atoms with E-state index in [9.17, 15) is 9.59 Å². The Labute approximate surface area is 198 Å². The number of nitrogens with zero attached hydrogens (tertiary/aromatic N) is 4. The van der Waals surface area contributed by atoms with Gasteiger partial charge < -0.3 is 9.42 Å². The van der Waals surface area contributed by atoms with Gasteiger partial charge in [0.05, 0.1) is 0 Å². The Kier molecular flexibility index (Phi) is 5.65. The number of benzene rings is 2. The summed E-state index contributed by atoms with van der Waals surface area (Å²) in [5.41, 5.74) is 2.39. The number of carbonyl (C=O) groups excluding carboxylic acids is 2. The standard InChI is InChI=1S/C23H18ClN5O3S/c1-13-19(20(28-32-13)14-5-3-2-4-6-14)21(31)25-23-27-26-22(33-23)15-11-18(30)29(12-15)17-9-7-16(24)8-10-17/h2-10,15H,11-12H2,1H3,(H,25,27,31). The Hall–Kier alpha value is -3.56. The van der Waals surface area contributed by atoms with Gasteiger partial charge in [-0.05, 0) is 31.2 Å². The maximum absolute atomic E-state index is 13.0. The second kappa shape index (κ2) is 8.76. The number of anilines is 2. The van der Waals surface area contributed by atoms with E-state index >= 15 is 0 Å². The van der Waals surface area contributed by atoms with Gasteiger partial charge in [0.2, 0.25) is 11.0 Å². The molecule has 0 saturated carbocycles. The van der Waals surface area contributed by atoms with E-state index < -0.39 is 0 Å². The number of carbonyl (C=O) groups is 2. The molecule has 3 heterocycles. The van der Waals surface area contributed by atoms with E-state index in [2.05, 4.69) is 20.7 Å². The largest absolute Gasteiger partial charge is 0.360 e. The van der Waals surface area contributed by atoms with Crippen LogP contribution in [0.2, 0.25) is 5.02 Å². The van der Waals surface area contributed by atoms with Crippen molar-refractivity contribution < 1.29 is 14.1 Å². The molecule has 4 aromatic rings. The second-order valence-electron chi connectivity index (χ2n) is 7.61. The maximum atomic E-state index is 13.0. The fraction of sp³-hybridized carbons (Fsp3) is 0.174. The van der Waals surface area contributed by atoms with Crippen molar-refractivity contribution in [1.29, 1.82) is 0 Å². The van der Waals surface area contributed by atoms with Gasteiger partial charge in [-0.1, -0.05) is 58.4 Å². The molecule has 1 unspecified atom stereocenters. The summed E-state index contributed by atoms with van der Waals surface area (Å²) in [5, 5.41) is 16.8. The minimum absolute atomic E-state index is 0.00991. The fourth-order valence-corrected chi connectivity index (χ4v) is 4.74. The van der Waals surface area contributed by atoms with Crippen molar-refractivity contribution in [3.05, 3.63) is 76.0 Å². The predicted molar refractivity (Wildman–Crippen MR) is 126 cm³/mol. The van der Waals surface area contributed by atoms with Crippen LogP contribution in [0.25, 0.3) is 11.3 Å². The molecule has 5 rings (SSSR count). The lowest BCUT2D eigenvalue weighted by molar-refractivity contribution is -0.117. The zero-order chi connectivity index (χ0) is 22.9. The number of aryl methyl sites for hydroxylation is 1. The zero-order valence-corrected chi connectivity index (χ0v) is 19.1. The number of aromatic nitrogens is 3. The van der Waals surface area contributed by atoms with E-state index in [-0.39, 0.29) is 17.7 Å². The SMILES string of the molecule is Cc1onc(-c2ccccc2)c1C(=O)Nc1nnc(C2CC(=O)N(c3ccc(Cl)cc3)C2)s1. The summed E-state index contributed by atoms with van der Waals surface area (Å²) in [6.45, 7) is 2.18. The van der Waals surface area contributed by atoms with Crippen LogP contribution in [0.15, 0.2) is 59.1 Å². The minimum Gasteiger partial charge on any atom is -0.360 e. The van der Waals surface area contributed by atoms with Crippen molar-refractivity contribution in [2.75, 3.05) is 16.8 Å². The molecule has 1 atom stereocenters. The van der Waals surface area contributed by atoms with E-state index in [1.54, 1.807) is 24.0 Å². The van der Waals surface area contributed by atoms with Gasteiger partial charge in [0, 0.05) is 35.2 Å². The summed E-state index contributed by atoms with van der Waals surface area (Å²) in [4.78, 5) is 27.3. The molecular formula is C23H18ClN5O3S. The van der Waals surface area contributed by atoms with Crippen LogP contribution in [-0.4, -0.2) is 33.7 Å². The lowest BCUT2D eigenvalue weighted by Gasteiger charge is -2.16. The highest BCUT2D eigenvalue weighted by atomic mass is 35.5. The third kappa shape index (κ3) is 4.24. The summed E-state index contributed by atoms with van der Waals surface area (Å²) in [6.07, 6.45) is 0.328. The summed E-state index contributed by atoms with van der Waals surface area (Å²) in [6, 6.07) is 16.5. The Morgan fingerprint density at radius 2 is 1.91 bits per heavy atom. The van der Waals surface area contributed by atoms with E-state index in [0.29, 0.717) is 45.1 Å². The molecular weight excluding hydrogens is 462 g/mol. The molecule has 2 aromatic heterocycles. The molecule has 33 heavy (non-hydrogen) atoms. The highest BCUT2D eigenvalue weighted by Crippen LogP contribution is 2.35. The molecule has 2 aromatic carbocycles. The van der Waals surface area contributed by atoms with Crippen LogP contribution >= 0.6 is 22.9 Å². The summed E-state index contributed by atoms with van der Waals surface area (Å²) in [5.74, 6) is -0.0547. The van der Waals surface area contributed by atoms with Gasteiger partial charge >= 0.3 is 0 Å². The molecule has 0 spiro atoms. The normalized spacial score (nSPS) is 15.8. The smallest absolute Gasteiger partial charge is 0.263 e. The molecule has 1 saturated heterocycles. The third-order valence-corrected chi connectivity index (χ3v) is 6.66. The van der Waals surface area contributed by atoms with Crippen molar-refractivity contribution in [3.63, 3.8) is 0 Å². The summed E-state index contributed by atoms with van der Waals surface area (Å²) < 4.78 is 5.27. The van der Waals surface area contributed by atoms with Gasteiger partial charge in [0.15, 0.2) is 0 Å². The van der Waals surface area contributed by atoms with Gasteiger partial charge in [-0.2, -0.15) is 0 Å². The first-order chi connectivity index (χ1) is 16.0. The zero-order valence-electron chi connectivity index (χ0n) is 17.5. The van der Waals surface area contributed by atoms with Crippen LogP contribution in [0, 0.1) is 6.92 Å². The van der Waals surface area contributed by atoms with Crippen LogP contribution in [0.3, 0.4) is 0 Å². The lowest BCUT2D eigenvalue weighted by Crippen LogP contribution is -2.24. The van der Waals surface area contributed by atoms with Gasteiger partial charge in [-0.25, -0.2) is 0 Å². The molecule has 1 N–H and O–H groups in total. The molecule has 8 nitrogen and oxygen atoms in total. The Bertz CT molecular complexity index is 1320. The Morgan fingerprint density at radius 3 is 2.67 bits per heavy atom. The predicted octanol–water partition coefficient (Wildman–Crippen LogP) is 4.93. The van der Waals surface area contributed by atoms with Gasteiger partial charge in [-0.15, -0.1) is 10.2 Å². The number of nitrogens with one attached hydrogen (secondary N) is 1. The van der Waals surface area contributed by atoms with Gasteiger partial charge in [0.25, 0.3) is 5.91 Å². The number of hydrogen-bond acceptors (Lipinski definition) is 7. The summed E-state index contributed by atoms with van der Waals surface area (Å²) >= 11 is 7.21. The van der Waals surface area contributed by atoms with E-state index in [1.807, 2.05) is 42.5 Å². The average molecular weight is 480 g/mol. The van der Waals surface area contributed by atoms with Crippen LogP contribution in [0.5, 0.6) is 0 Å². The Morgan fingerprint density at radius 1 is 1.15 bits per heavy atom. The molecule has 10 heteroatoms. The van der Waals surface area contributed by atoms with Gasteiger partial charge in [-0.3, -0.25) is 14.9 Å². The molecule has 0 radical (unpaired) electrons. The van der Waals surface area contributed by atoms with Crippen molar-refractivity contribution >= 4 is 45.6 Å². The van der Waals surface area contributed by atoms with Crippen molar-refractivity contribution in [2.24, 2.45) is 0 Å². The topological polar surface area (TPSA) is 101 Å². The number of rotatable bonds is 5. The summed E-state index contributed by atoms with van der Waals surface area (Å²) in [7, 11) is 0. The quantitative estimate of drug-likeness (QED) is 0.435. The Balaban J connectivity index is 1.31. The number of amides is 2. The molecule has 1 aliphatic rings. The van der Waals surface area contributed by atoms with Crippen molar-refractivity contribution in [2.45, 2.75) is 19.3 Å². The molecule has 1 fully saturated rings. The monoisotopic (exact) mass is 479 g/mol. The highest BCUT2D eigenvalue weighted by Gasteiger charge is 2.34. The number of halogens is 1. The van der Waals surface area contributed by atoms with E-state index in [1.165, 1.54) is 11.3 Å².